The monoisotopic (exact) mass is 526 g/mol. The van der Waals surface area contributed by atoms with Crippen LogP contribution in [0.5, 0.6) is 11.5 Å². The Kier molecular flexibility index (Phi) is 15.0. The fourth-order valence-corrected chi connectivity index (χ4v) is 4.84. The molecule has 0 saturated carbocycles. The number of benzene rings is 3. The van der Waals surface area contributed by atoms with Crippen molar-refractivity contribution in [2.24, 2.45) is 0 Å². The predicted molar refractivity (Wildman–Crippen MR) is 171 cm³/mol. The molecule has 0 spiro atoms. The number of allylic oxidation sites excluding steroid dienone is 1. The lowest BCUT2D eigenvalue weighted by Crippen LogP contribution is -1.97. The van der Waals surface area contributed by atoms with Crippen molar-refractivity contribution in [1.82, 2.24) is 0 Å². The van der Waals surface area contributed by atoms with Crippen molar-refractivity contribution in [3.63, 3.8) is 0 Å². The minimum absolute atomic E-state index is 0.797. The molecule has 2 nitrogen and oxygen atoms in total. The molecule has 0 radical (unpaired) electrons. The lowest BCUT2D eigenvalue weighted by Gasteiger charge is -2.08. The molecule has 210 valence electrons. The smallest absolute Gasteiger partial charge is 0.119 e. The fraction of sp³-hybridized carbons (Fsp3) is 0.459. The van der Waals surface area contributed by atoms with E-state index in [0.29, 0.717) is 0 Å². The summed E-state index contributed by atoms with van der Waals surface area (Å²) in [6, 6.07) is 21.4. The first-order valence-corrected chi connectivity index (χ1v) is 15.5. The SMILES string of the molecule is C=CCCCCCCCCCOc1ccc2cc(/C=C/c3ccc(OCCCCCCCC)cc3)ccc2c1. The first kappa shape index (κ1) is 30.5. The molecule has 0 atom stereocenters. The highest BCUT2D eigenvalue weighted by Crippen LogP contribution is 2.24. The zero-order valence-corrected chi connectivity index (χ0v) is 24.3. The van der Waals surface area contributed by atoms with Gasteiger partial charge in [0.15, 0.2) is 0 Å². The van der Waals surface area contributed by atoms with E-state index >= 15 is 0 Å². The molecular weight excluding hydrogens is 476 g/mol. The number of hydrogen-bond donors (Lipinski definition) is 0. The second-order valence-electron chi connectivity index (χ2n) is 10.7. The van der Waals surface area contributed by atoms with E-state index < -0.39 is 0 Å². The van der Waals surface area contributed by atoms with E-state index in [-0.39, 0.29) is 0 Å². The summed E-state index contributed by atoms with van der Waals surface area (Å²) in [6.45, 7) is 7.65. The van der Waals surface area contributed by atoms with E-state index in [1.54, 1.807) is 0 Å². The van der Waals surface area contributed by atoms with Crippen LogP contribution in [0.3, 0.4) is 0 Å². The third-order valence-corrected chi connectivity index (χ3v) is 7.27. The number of rotatable bonds is 21. The van der Waals surface area contributed by atoms with Crippen LogP contribution in [0, 0.1) is 0 Å². The largest absolute Gasteiger partial charge is 0.494 e. The van der Waals surface area contributed by atoms with Crippen molar-refractivity contribution < 1.29 is 9.47 Å². The summed E-state index contributed by atoms with van der Waals surface area (Å²) >= 11 is 0. The van der Waals surface area contributed by atoms with Crippen LogP contribution in [0.1, 0.15) is 108 Å². The Labute approximate surface area is 238 Å². The minimum Gasteiger partial charge on any atom is -0.494 e. The predicted octanol–water partition coefficient (Wildman–Crippen LogP) is 11.4. The fourth-order valence-electron chi connectivity index (χ4n) is 4.84. The molecule has 0 fully saturated rings. The van der Waals surface area contributed by atoms with Gasteiger partial charge in [0.25, 0.3) is 0 Å². The molecule has 0 aliphatic heterocycles. The summed E-state index contributed by atoms with van der Waals surface area (Å²) in [5.74, 6) is 1.92. The lowest BCUT2D eigenvalue weighted by molar-refractivity contribution is 0.304. The van der Waals surface area contributed by atoms with E-state index in [1.165, 1.54) is 92.5 Å². The average Bonchev–Trinajstić information content (AvgIpc) is 2.97. The van der Waals surface area contributed by atoms with Gasteiger partial charge in [0.1, 0.15) is 11.5 Å². The van der Waals surface area contributed by atoms with E-state index in [9.17, 15) is 0 Å². The van der Waals surface area contributed by atoms with Gasteiger partial charge in [0, 0.05) is 0 Å². The maximum absolute atomic E-state index is 6.03. The Bertz CT molecular complexity index is 1100. The van der Waals surface area contributed by atoms with Crippen molar-refractivity contribution in [1.29, 1.82) is 0 Å². The molecule has 0 N–H and O–H groups in total. The summed E-state index contributed by atoms with van der Waals surface area (Å²) in [4.78, 5) is 0. The molecule has 3 aromatic carbocycles. The van der Waals surface area contributed by atoms with E-state index in [4.69, 9.17) is 9.47 Å². The summed E-state index contributed by atoms with van der Waals surface area (Å²) in [6.07, 6.45) is 24.2. The number of hydrogen-bond acceptors (Lipinski definition) is 2. The number of ether oxygens (including phenoxy) is 2. The van der Waals surface area contributed by atoms with Crippen molar-refractivity contribution in [3.05, 3.63) is 84.4 Å². The van der Waals surface area contributed by atoms with Gasteiger partial charge in [-0.2, -0.15) is 0 Å². The molecule has 0 aromatic heterocycles. The normalized spacial score (nSPS) is 11.3. The van der Waals surface area contributed by atoms with Crippen LogP contribution in [0.2, 0.25) is 0 Å². The van der Waals surface area contributed by atoms with Gasteiger partial charge in [-0.1, -0.05) is 120 Å². The zero-order chi connectivity index (χ0) is 27.4. The van der Waals surface area contributed by atoms with Gasteiger partial charge >= 0.3 is 0 Å². The third kappa shape index (κ3) is 12.6. The van der Waals surface area contributed by atoms with Gasteiger partial charge in [0.05, 0.1) is 13.2 Å². The summed E-state index contributed by atoms with van der Waals surface area (Å²) < 4.78 is 11.9. The first-order valence-electron chi connectivity index (χ1n) is 15.5. The minimum atomic E-state index is 0.797. The van der Waals surface area contributed by atoms with Crippen LogP contribution in [0.15, 0.2) is 73.3 Å². The van der Waals surface area contributed by atoms with Crippen molar-refractivity contribution in [3.8, 4) is 11.5 Å². The van der Waals surface area contributed by atoms with Gasteiger partial charge in [0.2, 0.25) is 0 Å². The van der Waals surface area contributed by atoms with Crippen LogP contribution in [-0.4, -0.2) is 13.2 Å². The second kappa shape index (κ2) is 19.1. The Hall–Kier alpha value is -3.00. The molecule has 0 amide bonds. The summed E-state index contributed by atoms with van der Waals surface area (Å²) in [5.41, 5.74) is 2.38. The Morgan fingerprint density at radius 3 is 1.74 bits per heavy atom. The molecule has 2 heteroatoms. The third-order valence-electron chi connectivity index (χ3n) is 7.27. The Morgan fingerprint density at radius 1 is 0.538 bits per heavy atom. The molecule has 0 unspecified atom stereocenters. The molecule has 0 bridgehead atoms. The van der Waals surface area contributed by atoms with Crippen LogP contribution in [0.4, 0.5) is 0 Å². The molecule has 0 saturated heterocycles. The maximum atomic E-state index is 6.03. The summed E-state index contributed by atoms with van der Waals surface area (Å²) in [5, 5.41) is 2.45. The highest BCUT2D eigenvalue weighted by Gasteiger charge is 2.00. The molecule has 0 aliphatic rings. The standard InChI is InChI=1S/C37H50O2/c1-3-5-7-9-11-12-13-15-17-29-39-37-27-24-34-30-33(20-23-35(34)31-37)19-18-32-21-25-36(26-22-32)38-28-16-14-10-8-6-4-2/h3,18-27,30-31H,1,4-17,28-29H2,2H3/b19-18+. The first-order chi connectivity index (χ1) is 19.3. The highest BCUT2D eigenvalue weighted by atomic mass is 16.5. The van der Waals surface area contributed by atoms with E-state index in [1.807, 2.05) is 6.08 Å². The molecular formula is C37H50O2. The Balaban J connectivity index is 1.36. The van der Waals surface area contributed by atoms with Crippen molar-refractivity contribution in [2.75, 3.05) is 13.2 Å². The Morgan fingerprint density at radius 2 is 1.05 bits per heavy atom. The average molecular weight is 527 g/mol. The van der Waals surface area contributed by atoms with Crippen LogP contribution >= 0.6 is 0 Å². The van der Waals surface area contributed by atoms with Gasteiger partial charge in [-0.3, -0.25) is 0 Å². The van der Waals surface area contributed by atoms with Gasteiger partial charge in [-0.25, -0.2) is 0 Å². The number of fused-ring (bicyclic) bond motifs is 1. The van der Waals surface area contributed by atoms with Gasteiger partial charge in [-0.15, -0.1) is 6.58 Å². The molecule has 0 aliphatic carbocycles. The zero-order valence-electron chi connectivity index (χ0n) is 24.3. The molecule has 0 heterocycles. The summed E-state index contributed by atoms with van der Waals surface area (Å²) in [7, 11) is 0. The van der Waals surface area contributed by atoms with Crippen LogP contribution < -0.4 is 9.47 Å². The second-order valence-corrected chi connectivity index (χ2v) is 10.7. The van der Waals surface area contributed by atoms with E-state index in [2.05, 4.69) is 86.3 Å². The maximum Gasteiger partial charge on any atom is 0.119 e. The van der Waals surface area contributed by atoms with Crippen LogP contribution in [-0.2, 0) is 0 Å². The van der Waals surface area contributed by atoms with Crippen molar-refractivity contribution in [2.45, 2.75) is 96.8 Å². The van der Waals surface area contributed by atoms with Gasteiger partial charge < -0.3 is 9.47 Å². The quantitative estimate of drug-likeness (QED) is 0.0780. The van der Waals surface area contributed by atoms with E-state index in [0.717, 1.165) is 44.0 Å². The lowest BCUT2D eigenvalue weighted by atomic mass is 10.1. The number of unbranched alkanes of at least 4 members (excludes halogenated alkanes) is 12. The molecule has 3 rings (SSSR count). The molecule has 39 heavy (non-hydrogen) atoms. The topological polar surface area (TPSA) is 18.5 Å². The van der Waals surface area contributed by atoms with Gasteiger partial charge in [-0.05, 0) is 77.9 Å². The van der Waals surface area contributed by atoms with Crippen molar-refractivity contribution >= 4 is 22.9 Å². The molecule has 3 aromatic rings. The van der Waals surface area contributed by atoms with Crippen LogP contribution in [0.25, 0.3) is 22.9 Å². The highest BCUT2D eigenvalue weighted by molar-refractivity contribution is 5.87.